The van der Waals surface area contributed by atoms with Crippen LogP contribution in [0, 0.1) is 12.8 Å². The Morgan fingerprint density at radius 1 is 0.824 bits per heavy atom. The molecule has 0 aliphatic carbocycles. The second-order valence-corrected chi connectivity index (χ2v) is 8.98. The van der Waals surface area contributed by atoms with Crippen LogP contribution in [-0.4, -0.2) is 16.8 Å². The number of aromatic nitrogens is 1. The molecule has 34 heavy (non-hydrogen) atoms. The van der Waals surface area contributed by atoms with Crippen molar-refractivity contribution in [2.75, 3.05) is 16.5 Å². The number of anilines is 3. The number of rotatable bonds is 3. The van der Waals surface area contributed by atoms with Gasteiger partial charge in [-0.25, -0.2) is 0 Å². The number of nitrogens with zero attached hydrogens (tertiary/aromatic N) is 4. The van der Waals surface area contributed by atoms with Crippen LogP contribution in [0.15, 0.2) is 107 Å². The van der Waals surface area contributed by atoms with Crippen LogP contribution in [0.2, 0.25) is 0 Å². The lowest BCUT2D eigenvalue weighted by molar-refractivity contribution is 0.548. The van der Waals surface area contributed by atoms with E-state index in [2.05, 4.69) is 64.5 Å². The highest BCUT2D eigenvalue weighted by molar-refractivity contribution is 6.11. The number of pyridine rings is 1. The minimum absolute atomic E-state index is 0.00102. The largest absolute Gasteiger partial charge is 0.340 e. The molecule has 0 spiro atoms. The zero-order valence-corrected chi connectivity index (χ0v) is 19.3. The highest BCUT2D eigenvalue weighted by atomic mass is 16.1. The number of fused-ring (bicyclic) bond motifs is 3. The lowest BCUT2D eigenvalue weighted by atomic mass is 9.83. The van der Waals surface area contributed by atoms with Crippen LogP contribution in [0.4, 0.5) is 17.1 Å². The zero-order valence-electron chi connectivity index (χ0n) is 19.3. The molecule has 2 atom stereocenters. The Bertz CT molecular complexity index is 1430. The van der Waals surface area contributed by atoms with Crippen molar-refractivity contribution >= 4 is 22.8 Å². The second kappa shape index (κ2) is 8.03. The highest BCUT2D eigenvalue weighted by Gasteiger charge is 2.46. The lowest BCUT2D eigenvalue weighted by Crippen LogP contribution is -2.43. The van der Waals surface area contributed by atoms with Crippen LogP contribution >= 0.6 is 0 Å². The van der Waals surface area contributed by atoms with E-state index in [0.29, 0.717) is 5.56 Å². The Balaban J connectivity index is 1.60. The van der Waals surface area contributed by atoms with Gasteiger partial charge in [-0.15, -0.1) is 0 Å². The molecule has 5 nitrogen and oxygen atoms in total. The van der Waals surface area contributed by atoms with Gasteiger partial charge in [0.2, 0.25) is 0 Å². The molecule has 168 valence electrons. The first-order valence-corrected chi connectivity index (χ1v) is 11.6. The van der Waals surface area contributed by atoms with Crippen molar-refractivity contribution in [3.8, 4) is 0 Å². The lowest BCUT2D eigenvalue weighted by Gasteiger charge is -2.38. The topological polar surface area (TPSA) is 40.8 Å². The van der Waals surface area contributed by atoms with E-state index in [-0.39, 0.29) is 17.5 Å². The number of aryl methyl sites for hydroxylation is 1. The van der Waals surface area contributed by atoms with Gasteiger partial charge in [-0.2, -0.15) is 5.10 Å². The molecular weight excluding hydrogens is 420 g/mol. The molecule has 6 rings (SSSR count). The first kappa shape index (κ1) is 20.5. The Labute approximate surface area is 199 Å². The number of benzene rings is 3. The summed E-state index contributed by atoms with van der Waals surface area (Å²) in [5, 5.41) is 7.25. The van der Waals surface area contributed by atoms with Crippen LogP contribution in [-0.2, 0) is 7.05 Å². The van der Waals surface area contributed by atoms with Gasteiger partial charge in [0.25, 0.3) is 5.56 Å². The van der Waals surface area contributed by atoms with Crippen molar-refractivity contribution in [1.29, 1.82) is 0 Å². The summed E-state index contributed by atoms with van der Waals surface area (Å²) < 4.78 is 1.73. The van der Waals surface area contributed by atoms with E-state index >= 15 is 0 Å². The quantitative estimate of drug-likeness (QED) is 0.422. The molecular formula is C29H26N4O. The van der Waals surface area contributed by atoms with Crippen LogP contribution in [0.25, 0.3) is 0 Å². The molecule has 3 aromatic carbocycles. The number of para-hydroxylation sites is 2. The Hall–Kier alpha value is -4.12. The van der Waals surface area contributed by atoms with E-state index in [0.717, 1.165) is 35.0 Å². The molecule has 0 N–H and O–H groups in total. The SMILES string of the molecule is Cc1cc2c(c(=O)n1C)C1=NN(c3ccccc3)[C@@H](c3ccccc3)[C@H]1CN2c1ccccc1. The van der Waals surface area contributed by atoms with E-state index in [1.165, 1.54) is 5.56 Å². The van der Waals surface area contributed by atoms with Crippen LogP contribution in [0.5, 0.6) is 0 Å². The van der Waals surface area contributed by atoms with Crippen molar-refractivity contribution in [3.05, 3.63) is 124 Å². The molecule has 0 saturated heterocycles. The summed E-state index contributed by atoms with van der Waals surface area (Å²) in [7, 11) is 1.84. The summed E-state index contributed by atoms with van der Waals surface area (Å²) in [5.41, 5.74) is 6.74. The van der Waals surface area contributed by atoms with Gasteiger partial charge in [0, 0.05) is 30.9 Å². The molecule has 0 unspecified atom stereocenters. The normalized spacial score (nSPS) is 18.9. The predicted octanol–water partition coefficient (Wildman–Crippen LogP) is 5.43. The fraction of sp³-hybridized carbons (Fsp3) is 0.172. The van der Waals surface area contributed by atoms with E-state index in [1.807, 2.05) is 56.4 Å². The van der Waals surface area contributed by atoms with Crippen molar-refractivity contribution < 1.29 is 0 Å². The third-order valence-electron chi connectivity index (χ3n) is 7.02. The zero-order chi connectivity index (χ0) is 23.2. The summed E-state index contributed by atoms with van der Waals surface area (Å²) in [6.07, 6.45) is 0. The highest BCUT2D eigenvalue weighted by Crippen LogP contribution is 2.46. The van der Waals surface area contributed by atoms with Gasteiger partial charge in [-0.1, -0.05) is 66.7 Å². The van der Waals surface area contributed by atoms with Crippen molar-refractivity contribution in [3.63, 3.8) is 0 Å². The molecule has 1 aromatic heterocycles. The maximum absolute atomic E-state index is 13.7. The molecule has 4 aromatic rings. The first-order chi connectivity index (χ1) is 16.6. The third kappa shape index (κ3) is 3.16. The summed E-state index contributed by atoms with van der Waals surface area (Å²) in [4.78, 5) is 16.0. The Morgan fingerprint density at radius 2 is 1.41 bits per heavy atom. The first-order valence-electron chi connectivity index (χ1n) is 11.6. The second-order valence-electron chi connectivity index (χ2n) is 8.98. The summed E-state index contributed by atoms with van der Waals surface area (Å²) in [6, 6.07) is 33.2. The van der Waals surface area contributed by atoms with Gasteiger partial charge in [0.1, 0.15) is 0 Å². The number of hydrazone groups is 1. The molecule has 0 amide bonds. The van der Waals surface area contributed by atoms with Gasteiger partial charge in [-0.05, 0) is 42.8 Å². The molecule has 5 heteroatoms. The molecule has 2 aliphatic rings. The van der Waals surface area contributed by atoms with E-state index in [1.54, 1.807) is 4.57 Å². The van der Waals surface area contributed by atoms with E-state index in [9.17, 15) is 4.79 Å². The van der Waals surface area contributed by atoms with Gasteiger partial charge >= 0.3 is 0 Å². The molecule has 2 aliphatic heterocycles. The maximum Gasteiger partial charge on any atom is 0.261 e. The molecule has 0 fully saturated rings. The minimum atomic E-state index is -0.0102. The predicted molar refractivity (Wildman–Crippen MR) is 138 cm³/mol. The van der Waals surface area contributed by atoms with Crippen LogP contribution in [0.3, 0.4) is 0 Å². The average molecular weight is 447 g/mol. The van der Waals surface area contributed by atoms with E-state index in [4.69, 9.17) is 5.10 Å². The standard InChI is InChI=1S/C29H26N4O/c1-20-18-25-26(29(34)31(20)2)27-24(19-32(25)22-14-8-4-9-15-22)28(21-12-6-3-7-13-21)33(30-27)23-16-10-5-11-17-23/h3-18,24,28H,19H2,1-2H3/t24-,28-/m0/s1. The average Bonchev–Trinajstić information content (AvgIpc) is 3.27. The molecule has 0 saturated carbocycles. The van der Waals surface area contributed by atoms with Gasteiger partial charge < -0.3 is 9.47 Å². The fourth-order valence-electron chi connectivity index (χ4n) is 5.22. The smallest absolute Gasteiger partial charge is 0.261 e. The number of hydrogen-bond acceptors (Lipinski definition) is 4. The molecule has 0 bridgehead atoms. The van der Waals surface area contributed by atoms with Crippen LogP contribution < -0.4 is 15.5 Å². The Morgan fingerprint density at radius 3 is 2.06 bits per heavy atom. The van der Waals surface area contributed by atoms with Crippen molar-refractivity contribution in [1.82, 2.24) is 4.57 Å². The van der Waals surface area contributed by atoms with Gasteiger partial charge in [-0.3, -0.25) is 9.80 Å². The molecule has 3 heterocycles. The monoisotopic (exact) mass is 446 g/mol. The van der Waals surface area contributed by atoms with Crippen molar-refractivity contribution in [2.45, 2.75) is 13.0 Å². The van der Waals surface area contributed by atoms with Gasteiger partial charge in [0.05, 0.1) is 28.7 Å². The maximum atomic E-state index is 13.7. The number of hydrogen-bond donors (Lipinski definition) is 0. The van der Waals surface area contributed by atoms with E-state index < -0.39 is 0 Å². The van der Waals surface area contributed by atoms with Gasteiger partial charge in [0.15, 0.2) is 0 Å². The summed E-state index contributed by atoms with van der Waals surface area (Å²) in [5.74, 6) is 0.0331. The fourth-order valence-corrected chi connectivity index (χ4v) is 5.22. The Kier molecular flexibility index (Phi) is 4.84. The molecule has 0 radical (unpaired) electrons. The van der Waals surface area contributed by atoms with Crippen LogP contribution in [0.1, 0.15) is 22.9 Å². The minimum Gasteiger partial charge on any atom is -0.340 e. The summed E-state index contributed by atoms with van der Waals surface area (Å²) >= 11 is 0. The third-order valence-corrected chi connectivity index (χ3v) is 7.02. The van der Waals surface area contributed by atoms with Crippen molar-refractivity contribution in [2.24, 2.45) is 18.1 Å². The summed E-state index contributed by atoms with van der Waals surface area (Å²) in [6.45, 7) is 2.72.